The van der Waals surface area contributed by atoms with Crippen LogP contribution in [0.25, 0.3) is 0 Å². The maximum atomic E-state index is 10.5. The second-order valence-electron chi connectivity index (χ2n) is 7.99. The second-order valence-corrected chi connectivity index (χ2v) is 7.99. The molecule has 6 atom stereocenters. The first kappa shape index (κ1) is 13.6. The molecule has 0 radical (unpaired) electrons. The van der Waals surface area contributed by atoms with Gasteiger partial charge < -0.3 is 10.2 Å². The van der Waals surface area contributed by atoms with E-state index < -0.39 is 0 Å². The minimum absolute atomic E-state index is 0.100. The molecule has 2 heteroatoms. The van der Waals surface area contributed by atoms with Crippen molar-refractivity contribution in [2.75, 3.05) is 0 Å². The molecule has 3 aliphatic carbocycles. The van der Waals surface area contributed by atoms with E-state index in [2.05, 4.69) is 19.9 Å². The molecule has 0 aliphatic heterocycles. The van der Waals surface area contributed by atoms with E-state index in [4.69, 9.17) is 0 Å². The molecule has 114 valence electrons. The number of phenolic OH excluding ortho intramolecular Hbond substituents is 1. The fraction of sp³-hybridized carbons (Fsp3) is 0.684. The van der Waals surface area contributed by atoms with E-state index in [1.54, 1.807) is 0 Å². The predicted octanol–water partition coefficient (Wildman–Crippen LogP) is 3.86. The zero-order chi connectivity index (χ0) is 14.8. The lowest BCUT2D eigenvalue weighted by atomic mass is 9.53. The van der Waals surface area contributed by atoms with Crippen LogP contribution in [0.1, 0.15) is 56.6 Å². The van der Waals surface area contributed by atoms with Gasteiger partial charge >= 0.3 is 0 Å². The summed E-state index contributed by atoms with van der Waals surface area (Å²) < 4.78 is 0. The Bertz CT molecular complexity index is 567. The molecule has 2 fully saturated rings. The predicted molar refractivity (Wildman–Crippen MR) is 83.3 cm³/mol. The fourth-order valence-corrected chi connectivity index (χ4v) is 5.94. The monoisotopic (exact) mass is 286 g/mol. The SMILES string of the molecule is C[C@@H]1Cc2cc(O)ccc2[C@H]2CC[C@@]3(C)C(CC[C@@H]3O)[C@H]12. The highest BCUT2D eigenvalue weighted by molar-refractivity contribution is 5.40. The number of hydrogen-bond donors (Lipinski definition) is 2. The molecule has 0 bridgehead atoms. The number of aliphatic hydroxyl groups excluding tert-OH is 1. The molecule has 0 amide bonds. The van der Waals surface area contributed by atoms with Crippen LogP contribution >= 0.6 is 0 Å². The van der Waals surface area contributed by atoms with E-state index in [0.29, 0.717) is 29.4 Å². The fourth-order valence-electron chi connectivity index (χ4n) is 5.94. The normalized spacial score (nSPS) is 44.8. The lowest BCUT2D eigenvalue weighted by molar-refractivity contribution is -0.0356. The molecule has 1 unspecified atom stereocenters. The van der Waals surface area contributed by atoms with Gasteiger partial charge in [-0.1, -0.05) is 19.9 Å². The van der Waals surface area contributed by atoms with Gasteiger partial charge in [0, 0.05) is 0 Å². The van der Waals surface area contributed by atoms with E-state index in [1.807, 2.05) is 12.1 Å². The summed E-state index contributed by atoms with van der Waals surface area (Å²) in [6.45, 7) is 4.70. The van der Waals surface area contributed by atoms with E-state index in [-0.39, 0.29) is 11.5 Å². The Hall–Kier alpha value is -1.02. The van der Waals surface area contributed by atoms with Crippen LogP contribution in [0.2, 0.25) is 0 Å². The third kappa shape index (κ3) is 1.81. The van der Waals surface area contributed by atoms with Crippen molar-refractivity contribution in [1.29, 1.82) is 0 Å². The van der Waals surface area contributed by atoms with Gasteiger partial charge in [-0.2, -0.15) is 0 Å². The molecule has 3 aliphatic rings. The largest absolute Gasteiger partial charge is 0.508 e. The van der Waals surface area contributed by atoms with Crippen LogP contribution in [-0.4, -0.2) is 16.3 Å². The van der Waals surface area contributed by atoms with Gasteiger partial charge in [-0.05, 0) is 84.5 Å². The molecule has 2 N–H and O–H groups in total. The van der Waals surface area contributed by atoms with Gasteiger partial charge in [0.15, 0.2) is 0 Å². The zero-order valence-electron chi connectivity index (χ0n) is 13.0. The minimum atomic E-state index is -0.100. The van der Waals surface area contributed by atoms with Crippen LogP contribution in [0.4, 0.5) is 0 Å². The van der Waals surface area contributed by atoms with Crippen molar-refractivity contribution in [2.24, 2.45) is 23.2 Å². The first-order valence-electron chi connectivity index (χ1n) is 8.50. The molecular weight excluding hydrogens is 260 g/mol. The maximum absolute atomic E-state index is 10.5. The average molecular weight is 286 g/mol. The summed E-state index contributed by atoms with van der Waals surface area (Å²) in [6.07, 6.45) is 5.49. The van der Waals surface area contributed by atoms with Crippen LogP contribution < -0.4 is 0 Å². The Morgan fingerprint density at radius 2 is 2.00 bits per heavy atom. The highest BCUT2D eigenvalue weighted by Crippen LogP contribution is 2.62. The molecule has 0 aromatic heterocycles. The van der Waals surface area contributed by atoms with Crippen molar-refractivity contribution in [1.82, 2.24) is 0 Å². The topological polar surface area (TPSA) is 40.5 Å². The number of phenols is 1. The van der Waals surface area contributed by atoms with Crippen molar-refractivity contribution < 1.29 is 10.2 Å². The summed E-state index contributed by atoms with van der Waals surface area (Å²) in [4.78, 5) is 0. The van der Waals surface area contributed by atoms with Crippen molar-refractivity contribution in [3.05, 3.63) is 29.3 Å². The van der Waals surface area contributed by atoms with Gasteiger partial charge in [0.1, 0.15) is 5.75 Å². The number of aromatic hydroxyl groups is 1. The quantitative estimate of drug-likeness (QED) is 0.760. The minimum Gasteiger partial charge on any atom is -0.508 e. The van der Waals surface area contributed by atoms with Crippen LogP contribution in [0.5, 0.6) is 5.75 Å². The molecule has 0 spiro atoms. The molecule has 21 heavy (non-hydrogen) atoms. The van der Waals surface area contributed by atoms with Gasteiger partial charge in [-0.3, -0.25) is 0 Å². The van der Waals surface area contributed by atoms with Crippen LogP contribution in [0, 0.1) is 23.2 Å². The molecule has 1 aromatic carbocycles. The van der Waals surface area contributed by atoms with Crippen molar-refractivity contribution in [3.8, 4) is 5.75 Å². The summed E-state index contributed by atoms with van der Waals surface area (Å²) in [7, 11) is 0. The van der Waals surface area contributed by atoms with E-state index in [9.17, 15) is 10.2 Å². The zero-order valence-corrected chi connectivity index (χ0v) is 13.0. The van der Waals surface area contributed by atoms with Crippen LogP contribution in [0.15, 0.2) is 18.2 Å². The molecule has 0 heterocycles. The van der Waals surface area contributed by atoms with Gasteiger partial charge in [0.05, 0.1) is 6.10 Å². The van der Waals surface area contributed by atoms with Crippen LogP contribution in [-0.2, 0) is 6.42 Å². The molecule has 2 saturated carbocycles. The van der Waals surface area contributed by atoms with Gasteiger partial charge in [-0.15, -0.1) is 0 Å². The summed E-state index contributed by atoms with van der Waals surface area (Å²) in [5.41, 5.74) is 2.97. The Kier molecular flexibility index (Phi) is 2.91. The van der Waals surface area contributed by atoms with Crippen molar-refractivity contribution >= 4 is 0 Å². The molecule has 1 aromatic rings. The third-order valence-corrected chi connectivity index (χ3v) is 7.01. The lowest BCUT2D eigenvalue weighted by Crippen LogP contribution is -2.46. The van der Waals surface area contributed by atoms with Gasteiger partial charge in [0.25, 0.3) is 0 Å². The van der Waals surface area contributed by atoms with Gasteiger partial charge in [0.2, 0.25) is 0 Å². The smallest absolute Gasteiger partial charge is 0.115 e. The standard InChI is InChI=1S/C19H26O2/c1-11-9-12-10-13(20)3-4-14(12)15-7-8-19(2)16(18(11)15)5-6-17(19)21/h3-4,10-11,15-18,20-21H,5-9H2,1-2H3/t11-,15-,16?,17+,18-,19+/m1/s1. The molecular formula is C19H26O2. The maximum Gasteiger partial charge on any atom is 0.115 e. The Balaban J connectivity index is 1.76. The number of fused-ring (bicyclic) bond motifs is 5. The van der Waals surface area contributed by atoms with E-state index in [0.717, 1.165) is 19.3 Å². The Labute approximate surface area is 127 Å². The summed E-state index contributed by atoms with van der Waals surface area (Å²) in [6, 6.07) is 5.98. The summed E-state index contributed by atoms with van der Waals surface area (Å²) >= 11 is 0. The molecule has 2 nitrogen and oxygen atoms in total. The first-order valence-corrected chi connectivity index (χ1v) is 8.50. The summed E-state index contributed by atoms with van der Waals surface area (Å²) in [5.74, 6) is 3.06. The number of aliphatic hydroxyl groups is 1. The molecule has 4 rings (SSSR count). The number of benzene rings is 1. The molecule has 0 saturated heterocycles. The van der Waals surface area contributed by atoms with Crippen molar-refractivity contribution in [2.45, 2.75) is 58.0 Å². The third-order valence-electron chi connectivity index (χ3n) is 7.01. The van der Waals surface area contributed by atoms with E-state index >= 15 is 0 Å². The number of rotatable bonds is 0. The van der Waals surface area contributed by atoms with Crippen molar-refractivity contribution in [3.63, 3.8) is 0 Å². The second kappa shape index (κ2) is 4.49. The Morgan fingerprint density at radius 1 is 1.19 bits per heavy atom. The Morgan fingerprint density at radius 3 is 2.81 bits per heavy atom. The average Bonchev–Trinajstić information content (AvgIpc) is 2.74. The van der Waals surface area contributed by atoms with Gasteiger partial charge in [-0.25, -0.2) is 0 Å². The van der Waals surface area contributed by atoms with Crippen LogP contribution in [0.3, 0.4) is 0 Å². The number of hydrogen-bond acceptors (Lipinski definition) is 2. The first-order chi connectivity index (χ1) is 10.0. The lowest BCUT2D eigenvalue weighted by Gasteiger charge is -2.52. The van der Waals surface area contributed by atoms with E-state index in [1.165, 1.54) is 24.0 Å². The highest BCUT2D eigenvalue weighted by atomic mass is 16.3. The highest BCUT2D eigenvalue weighted by Gasteiger charge is 2.55. The summed E-state index contributed by atoms with van der Waals surface area (Å²) in [5, 5.41) is 20.2.